The van der Waals surface area contributed by atoms with Crippen LogP contribution in [0.2, 0.25) is 0 Å². The topological polar surface area (TPSA) is 3.24 Å². The van der Waals surface area contributed by atoms with E-state index in [4.69, 9.17) is 0 Å². The van der Waals surface area contributed by atoms with Crippen molar-refractivity contribution in [3.05, 3.63) is 61.2 Å². The van der Waals surface area contributed by atoms with Crippen molar-refractivity contribution in [1.29, 1.82) is 0 Å². The van der Waals surface area contributed by atoms with Crippen LogP contribution in [-0.2, 0) is 0 Å². The summed E-state index contributed by atoms with van der Waals surface area (Å²) in [5.41, 5.74) is 0. The number of rotatable bonds is 5. The van der Waals surface area contributed by atoms with Gasteiger partial charge in [-0.05, 0) is 33.5 Å². The molecule has 0 unspecified atom stereocenters. The lowest BCUT2D eigenvalue weighted by Gasteiger charge is -2.11. The Bertz CT molecular complexity index is 275. The first kappa shape index (κ1) is 41.9. The Balaban J connectivity index is -0.0000000569. The third kappa shape index (κ3) is 101. The maximum absolute atomic E-state index is 3.46. The van der Waals surface area contributed by atoms with Crippen molar-refractivity contribution in [2.75, 3.05) is 20.1 Å². The van der Waals surface area contributed by atoms with Gasteiger partial charge in [0.25, 0.3) is 0 Å². The second kappa shape index (κ2) is 63.2. The predicted octanol–water partition coefficient (Wildman–Crippen LogP) is 10.1. The van der Waals surface area contributed by atoms with Gasteiger partial charge in [-0.2, -0.15) is 0 Å². The summed E-state index contributed by atoms with van der Waals surface area (Å²) in [4.78, 5) is 2.34. The van der Waals surface area contributed by atoms with Gasteiger partial charge in [-0.1, -0.05) is 150 Å². The number of hydrogen-bond acceptors (Lipinski definition) is 1. The molecule has 0 aliphatic rings. The van der Waals surface area contributed by atoms with E-state index in [0.29, 0.717) is 0 Å². The number of benzene rings is 1. The molecule has 1 aromatic rings. The molecular weight excluding hydrogens is 350 g/mol. The lowest BCUT2D eigenvalue weighted by Crippen LogP contribution is -2.18. The van der Waals surface area contributed by atoms with Gasteiger partial charge in [-0.3, -0.25) is 0 Å². The van der Waals surface area contributed by atoms with Gasteiger partial charge >= 0.3 is 0 Å². The van der Waals surface area contributed by atoms with Crippen LogP contribution in [-0.4, -0.2) is 25.0 Å². The molecule has 1 nitrogen and oxygen atoms in total. The molecule has 0 fully saturated rings. The van der Waals surface area contributed by atoms with E-state index in [9.17, 15) is 0 Å². The van der Waals surface area contributed by atoms with Gasteiger partial charge in [-0.15, -0.1) is 0 Å². The van der Waals surface area contributed by atoms with Crippen LogP contribution in [0, 0.1) is 0 Å². The zero-order valence-corrected chi connectivity index (χ0v) is 22.6. The maximum Gasteiger partial charge on any atom is -0.00220 e. The van der Waals surface area contributed by atoms with Crippen molar-refractivity contribution in [1.82, 2.24) is 4.90 Å². The summed E-state index contributed by atoms with van der Waals surface area (Å²) in [5, 5.41) is 0. The zero-order valence-electron chi connectivity index (χ0n) is 22.6. The number of nitrogens with zero attached hydrogens (tertiary/aromatic N) is 1. The Kier molecular flexibility index (Phi) is 91.4. The number of unbranched alkanes of at least 4 members (excludes halogenated alkanes) is 1. The highest BCUT2D eigenvalue weighted by molar-refractivity contribution is 4.99. The first-order valence-corrected chi connectivity index (χ1v) is 12.0. The minimum absolute atomic E-state index is 1.18. The van der Waals surface area contributed by atoms with E-state index >= 15 is 0 Å². The van der Waals surface area contributed by atoms with Crippen molar-refractivity contribution in [2.45, 2.75) is 102 Å². The van der Waals surface area contributed by atoms with Crippen LogP contribution < -0.4 is 0 Å². The van der Waals surface area contributed by atoms with E-state index in [0.717, 1.165) is 0 Å². The largest absolute Gasteiger partial charge is 0.307 e. The number of hydrogen-bond donors (Lipinski definition) is 0. The molecule has 176 valence electrons. The van der Waals surface area contributed by atoms with Crippen molar-refractivity contribution in [2.24, 2.45) is 0 Å². The normalized spacial score (nSPS) is 7.76. The first-order valence-electron chi connectivity index (χ1n) is 12.0. The zero-order chi connectivity index (χ0) is 24.2. The van der Waals surface area contributed by atoms with Crippen LogP contribution in [0.1, 0.15) is 102 Å². The average molecular weight is 410 g/mol. The molecule has 0 radical (unpaired) electrons. The highest BCUT2D eigenvalue weighted by Crippen LogP contribution is 1.89. The molecule has 0 N–H and O–H groups in total. The van der Waals surface area contributed by atoms with E-state index in [1.165, 1.54) is 38.8 Å². The Morgan fingerprint density at radius 1 is 0.724 bits per heavy atom. The van der Waals surface area contributed by atoms with Gasteiger partial charge in [0.1, 0.15) is 0 Å². The summed E-state index contributed by atoms with van der Waals surface area (Å²) in [6.07, 6.45) is 10.7. The quantitative estimate of drug-likeness (QED) is 0.437. The summed E-state index contributed by atoms with van der Waals surface area (Å²) in [6.45, 7) is 28.8. The molecule has 0 aliphatic heterocycles. The third-order valence-electron chi connectivity index (χ3n) is 2.43. The van der Waals surface area contributed by atoms with Gasteiger partial charge in [0.2, 0.25) is 0 Å². The van der Waals surface area contributed by atoms with E-state index in [-0.39, 0.29) is 0 Å². The summed E-state index contributed by atoms with van der Waals surface area (Å²) >= 11 is 0. The summed E-state index contributed by atoms with van der Waals surface area (Å²) in [6, 6.07) is 12.0. The lowest BCUT2D eigenvalue weighted by atomic mass is 10.3. The SMILES string of the molecule is C=C/C=C\C.CC.CC.CCC.CCC.CCCCN(C)CC.c1ccccc1. The molecular formula is C28H59N. The molecule has 1 heteroatoms. The minimum atomic E-state index is 1.18. The monoisotopic (exact) mass is 409 g/mol. The smallest absolute Gasteiger partial charge is 0.00220 e. The summed E-state index contributed by atoms with van der Waals surface area (Å²) in [7, 11) is 2.16. The van der Waals surface area contributed by atoms with Crippen molar-refractivity contribution in [3.63, 3.8) is 0 Å². The van der Waals surface area contributed by atoms with Crippen molar-refractivity contribution < 1.29 is 0 Å². The molecule has 1 rings (SSSR count). The summed E-state index contributed by atoms with van der Waals surface area (Å²) < 4.78 is 0. The van der Waals surface area contributed by atoms with Gasteiger partial charge in [0.05, 0.1) is 0 Å². The van der Waals surface area contributed by atoms with E-state index in [1.807, 2.05) is 83.2 Å². The number of allylic oxidation sites excluding steroid dienone is 3. The molecule has 0 atom stereocenters. The fraction of sp³-hybridized carbons (Fsp3) is 0.643. The fourth-order valence-corrected chi connectivity index (χ4v) is 1.11. The maximum atomic E-state index is 3.46. The molecule has 0 spiro atoms. The van der Waals surface area contributed by atoms with E-state index < -0.39 is 0 Å². The van der Waals surface area contributed by atoms with Crippen LogP contribution in [0.3, 0.4) is 0 Å². The molecule has 0 bridgehead atoms. The Morgan fingerprint density at radius 3 is 1.17 bits per heavy atom. The van der Waals surface area contributed by atoms with Crippen LogP contribution in [0.4, 0.5) is 0 Å². The Labute approximate surface area is 188 Å². The van der Waals surface area contributed by atoms with Crippen molar-refractivity contribution >= 4 is 0 Å². The molecule has 0 aliphatic carbocycles. The van der Waals surface area contributed by atoms with Gasteiger partial charge < -0.3 is 4.90 Å². The third-order valence-corrected chi connectivity index (χ3v) is 2.43. The average Bonchev–Trinajstić information content (AvgIpc) is 2.78. The standard InChI is InChI=1S/C7H17N.C6H6.C5H8.2C3H8.2C2H6/c1-4-6-7-8(3)5-2;1-2-4-6-5-3-1;1-3-5-4-2;2*1-3-2;2*1-2/h4-7H2,1-3H3;1-6H;3-5H,1H2,2H3;2*3H2,1-2H3;2*1-2H3/b;;5-4-;;;;. The van der Waals surface area contributed by atoms with Crippen molar-refractivity contribution in [3.8, 4) is 0 Å². The molecule has 0 saturated carbocycles. The second-order valence-electron chi connectivity index (χ2n) is 5.58. The molecule has 0 aromatic heterocycles. The minimum Gasteiger partial charge on any atom is -0.307 e. The Hall–Kier alpha value is -1.34. The van der Waals surface area contributed by atoms with E-state index in [2.05, 4.69) is 60.1 Å². The first-order chi connectivity index (χ1) is 14.1. The van der Waals surface area contributed by atoms with Gasteiger partial charge in [0, 0.05) is 0 Å². The molecule has 0 amide bonds. The molecule has 0 saturated heterocycles. The van der Waals surface area contributed by atoms with Crippen LogP contribution in [0.25, 0.3) is 0 Å². The van der Waals surface area contributed by atoms with Crippen LogP contribution >= 0.6 is 0 Å². The van der Waals surface area contributed by atoms with Gasteiger partial charge in [-0.25, -0.2) is 0 Å². The van der Waals surface area contributed by atoms with Crippen LogP contribution in [0.5, 0.6) is 0 Å². The second-order valence-corrected chi connectivity index (χ2v) is 5.58. The van der Waals surface area contributed by atoms with Crippen LogP contribution in [0.15, 0.2) is 61.2 Å². The summed E-state index contributed by atoms with van der Waals surface area (Å²) in [5.74, 6) is 0. The molecule has 0 heterocycles. The fourth-order valence-electron chi connectivity index (χ4n) is 1.11. The Morgan fingerprint density at radius 2 is 1.03 bits per heavy atom. The van der Waals surface area contributed by atoms with E-state index in [1.54, 1.807) is 6.08 Å². The highest BCUT2D eigenvalue weighted by Gasteiger charge is 1.89. The molecule has 1 aromatic carbocycles. The molecule has 29 heavy (non-hydrogen) atoms. The van der Waals surface area contributed by atoms with Gasteiger partial charge in [0.15, 0.2) is 0 Å². The lowest BCUT2D eigenvalue weighted by molar-refractivity contribution is 0.346. The highest BCUT2D eigenvalue weighted by atomic mass is 15.1. The predicted molar refractivity (Wildman–Crippen MR) is 144 cm³/mol.